The van der Waals surface area contributed by atoms with Gasteiger partial charge in [0.25, 0.3) is 5.91 Å². The van der Waals surface area contributed by atoms with Gasteiger partial charge in [-0.3, -0.25) is 10.2 Å². The van der Waals surface area contributed by atoms with E-state index in [1.165, 1.54) is 10.9 Å². The molecular formula is C12H11ClN6O2. The molecule has 1 heterocycles. The lowest BCUT2D eigenvalue weighted by molar-refractivity contribution is 0.0948. The third-order valence-corrected chi connectivity index (χ3v) is 2.78. The van der Waals surface area contributed by atoms with Crippen molar-refractivity contribution in [3.05, 3.63) is 40.7 Å². The molecule has 8 nitrogen and oxygen atoms in total. The molecule has 2 rings (SSSR count). The van der Waals surface area contributed by atoms with Crippen LogP contribution in [-0.4, -0.2) is 27.5 Å². The highest BCUT2D eigenvalue weighted by atomic mass is 35.5. The Morgan fingerprint density at radius 2 is 2.38 bits per heavy atom. The van der Waals surface area contributed by atoms with E-state index in [1.807, 2.05) is 11.5 Å². The fourth-order valence-corrected chi connectivity index (χ4v) is 1.70. The number of nitrogen functional groups attached to an aromatic ring is 1. The number of carbonyl (C=O) groups is 1. The van der Waals surface area contributed by atoms with E-state index in [2.05, 4.69) is 10.3 Å². The van der Waals surface area contributed by atoms with Crippen molar-refractivity contribution in [1.82, 2.24) is 20.4 Å². The van der Waals surface area contributed by atoms with E-state index in [0.29, 0.717) is 22.9 Å². The maximum Gasteiger partial charge on any atom is 0.287 e. The van der Waals surface area contributed by atoms with Crippen molar-refractivity contribution in [2.75, 3.05) is 6.61 Å². The first kappa shape index (κ1) is 14.8. The van der Waals surface area contributed by atoms with E-state index >= 15 is 0 Å². The van der Waals surface area contributed by atoms with Crippen molar-refractivity contribution in [2.45, 2.75) is 6.54 Å². The van der Waals surface area contributed by atoms with Crippen molar-refractivity contribution >= 4 is 17.5 Å². The van der Waals surface area contributed by atoms with Gasteiger partial charge in [0, 0.05) is 11.1 Å². The van der Waals surface area contributed by atoms with Crippen LogP contribution < -0.4 is 16.0 Å². The molecule has 1 aromatic carbocycles. The Bertz CT molecular complexity index is 693. The maximum atomic E-state index is 11.2. The van der Waals surface area contributed by atoms with E-state index in [0.717, 1.165) is 0 Å². The summed E-state index contributed by atoms with van der Waals surface area (Å²) in [5.74, 6) is 4.86. The minimum Gasteiger partial charge on any atom is -0.490 e. The van der Waals surface area contributed by atoms with Crippen LogP contribution in [0.2, 0.25) is 5.02 Å². The number of halogens is 1. The highest BCUT2D eigenvalue weighted by Crippen LogP contribution is 2.22. The monoisotopic (exact) mass is 306 g/mol. The second-order valence-electron chi connectivity index (χ2n) is 3.94. The quantitative estimate of drug-likeness (QED) is 0.471. The van der Waals surface area contributed by atoms with Gasteiger partial charge >= 0.3 is 0 Å². The van der Waals surface area contributed by atoms with Gasteiger partial charge in [0.05, 0.1) is 18.3 Å². The first-order chi connectivity index (χ1) is 10.1. The summed E-state index contributed by atoms with van der Waals surface area (Å²) < 4.78 is 6.92. The van der Waals surface area contributed by atoms with Crippen LogP contribution in [0.1, 0.15) is 16.1 Å². The molecule has 108 valence electrons. The lowest BCUT2D eigenvalue weighted by atomic mass is 10.2. The molecule has 0 saturated carbocycles. The number of hydrogen-bond acceptors (Lipinski definition) is 6. The highest BCUT2D eigenvalue weighted by molar-refractivity contribution is 6.30. The number of benzene rings is 1. The molecule has 0 spiro atoms. The van der Waals surface area contributed by atoms with Crippen molar-refractivity contribution in [3.63, 3.8) is 0 Å². The number of nitrogens with two attached hydrogens (primary N) is 1. The number of hydrogen-bond donors (Lipinski definition) is 2. The van der Waals surface area contributed by atoms with Gasteiger partial charge in [-0.2, -0.15) is 5.26 Å². The Hall–Kier alpha value is -2.63. The number of nitrogens with zero attached hydrogens (tertiary/aromatic N) is 4. The van der Waals surface area contributed by atoms with E-state index in [9.17, 15) is 4.79 Å². The Morgan fingerprint density at radius 3 is 3.10 bits per heavy atom. The Morgan fingerprint density at radius 1 is 1.57 bits per heavy atom. The Balaban J connectivity index is 1.96. The van der Waals surface area contributed by atoms with Crippen LogP contribution in [0.5, 0.6) is 5.75 Å². The van der Waals surface area contributed by atoms with E-state index < -0.39 is 5.91 Å². The average molecular weight is 307 g/mol. The zero-order valence-electron chi connectivity index (χ0n) is 10.8. The van der Waals surface area contributed by atoms with Crippen LogP contribution in [-0.2, 0) is 6.54 Å². The topological polar surface area (TPSA) is 119 Å². The zero-order valence-corrected chi connectivity index (χ0v) is 11.5. The molecule has 0 aliphatic carbocycles. The molecule has 1 aromatic heterocycles. The summed E-state index contributed by atoms with van der Waals surface area (Å²) in [5, 5.41) is 16.8. The Kier molecular flexibility index (Phi) is 4.71. The zero-order chi connectivity index (χ0) is 15.2. The lowest BCUT2D eigenvalue weighted by Crippen LogP contribution is -2.30. The van der Waals surface area contributed by atoms with Crippen molar-refractivity contribution in [1.29, 1.82) is 5.26 Å². The van der Waals surface area contributed by atoms with Crippen molar-refractivity contribution < 1.29 is 9.53 Å². The van der Waals surface area contributed by atoms with Crippen LogP contribution in [0.15, 0.2) is 24.4 Å². The first-order valence-corrected chi connectivity index (χ1v) is 6.25. The maximum absolute atomic E-state index is 11.2. The number of amides is 1. The molecule has 0 radical (unpaired) electrons. The average Bonchev–Trinajstić information content (AvgIpc) is 2.95. The first-order valence-electron chi connectivity index (χ1n) is 5.87. The van der Waals surface area contributed by atoms with E-state index in [1.54, 1.807) is 18.2 Å². The number of rotatable bonds is 5. The number of aromatic nitrogens is 3. The molecule has 0 unspecified atom stereocenters. The predicted molar refractivity (Wildman–Crippen MR) is 73.3 cm³/mol. The number of carbonyl (C=O) groups excluding carboxylic acids is 1. The molecule has 0 aliphatic heterocycles. The number of ether oxygens (including phenoxy) is 1. The molecule has 3 N–H and O–H groups in total. The van der Waals surface area contributed by atoms with Gasteiger partial charge in [0.2, 0.25) is 0 Å². The fourth-order valence-electron chi connectivity index (χ4n) is 1.54. The van der Waals surface area contributed by atoms with Crippen LogP contribution in [0, 0.1) is 11.3 Å². The van der Waals surface area contributed by atoms with Gasteiger partial charge < -0.3 is 4.74 Å². The van der Waals surface area contributed by atoms with Crippen LogP contribution in [0.25, 0.3) is 0 Å². The summed E-state index contributed by atoms with van der Waals surface area (Å²) in [4.78, 5) is 11.2. The minimum absolute atomic E-state index is 0.109. The van der Waals surface area contributed by atoms with E-state index in [4.69, 9.17) is 27.4 Å². The van der Waals surface area contributed by atoms with Crippen LogP contribution >= 0.6 is 11.6 Å². The number of nitrogens with one attached hydrogen (secondary N) is 1. The molecule has 0 bridgehead atoms. The molecule has 1 amide bonds. The van der Waals surface area contributed by atoms with Gasteiger partial charge in [-0.25, -0.2) is 10.5 Å². The summed E-state index contributed by atoms with van der Waals surface area (Å²) in [5.41, 5.74) is 2.46. The molecule has 2 aromatic rings. The molecular weight excluding hydrogens is 296 g/mol. The van der Waals surface area contributed by atoms with Gasteiger partial charge in [-0.05, 0) is 12.1 Å². The fraction of sp³-hybridized carbons (Fsp3) is 0.167. The summed E-state index contributed by atoms with van der Waals surface area (Å²) in [7, 11) is 0. The molecule has 9 heteroatoms. The van der Waals surface area contributed by atoms with Gasteiger partial charge in [-0.1, -0.05) is 16.8 Å². The standard InChI is InChI=1S/C12H11ClN6O2/c13-9-2-1-8(6-14)11(5-9)21-4-3-19-7-10(17-18-19)12(20)16-15/h1-2,5,7H,3-4,15H2,(H,16,20). The lowest BCUT2D eigenvalue weighted by Gasteiger charge is -2.07. The van der Waals surface area contributed by atoms with E-state index in [-0.39, 0.29) is 12.3 Å². The van der Waals surface area contributed by atoms with Gasteiger partial charge in [0.15, 0.2) is 5.69 Å². The van der Waals surface area contributed by atoms with Gasteiger partial charge in [0.1, 0.15) is 18.4 Å². The van der Waals surface area contributed by atoms with Crippen LogP contribution in [0.3, 0.4) is 0 Å². The molecule has 0 saturated heterocycles. The largest absolute Gasteiger partial charge is 0.490 e. The second kappa shape index (κ2) is 6.69. The summed E-state index contributed by atoms with van der Waals surface area (Å²) in [6.45, 7) is 0.588. The normalized spacial score (nSPS) is 9.95. The molecule has 0 atom stereocenters. The smallest absolute Gasteiger partial charge is 0.287 e. The molecule has 0 fully saturated rings. The number of nitriles is 1. The predicted octanol–water partition coefficient (Wildman–Crippen LogP) is 0.486. The molecule has 0 aliphatic rings. The summed E-state index contributed by atoms with van der Waals surface area (Å²) >= 11 is 5.85. The number of hydrazine groups is 1. The third-order valence-electron chi connectivity index (χ3n) is 2.54. The van der Waals surface area contributed by atoms with Crippen molar-refractivity contribution in [2.24, 2.45) is 5.84 Å². The minimum atomic E-state index is -0.524. The third kappa shape index (κ3) is 3.68. The molecule has 21 heavy (non-hydrogen) atoms. The van der Waals surface area contributed by atoms with Crippen molar-refractivity contribution in [3.8, 4) is 11.8 Å². The summed E-state index contributed by atoms with van der Waals surface area (Å²) in [6.07, 6.45) is 1.44. The highest BCUT2D eigenvalue weighted by Gasteiger charge is 2.09. The Labute approximate surface area is 125 Å². The van der Waals surface area contributed by atoms with Crippen LogP contribution in [0.4, 0.5) is 0 Å². The SMILES string of the molecule is N#Cc1ccc(Cl)cc1OCCn1cc(C(=O)NN)nn1. The van der Waals surface area contributed by atoms with Gasteiger partial charge in [-0.15, -0.1) is 5.10 Å². The summed E-state index contributed by atoms with van der Waals surface area (Å²) in [6, 6.07) is 6.77. The second-order valence-corrected chi connectivity index (χ2v) is 4.38.